The van der Waals surface area contributed by atoms with E-state index in [0.717, 1.165) is 26.7 Å². The molecule has 32 heavy (non-hydrogen) atoms. The van der Waals surface area contributed by atoms with Gasteiger partial charge in [0.2, 0.25) is 5.90 Å². The van der Waals surface area contributed by atoms with Crippen LogP contribution in [0, 0.1) is 6.92 Å². The lowest BCUT2D eigenvalue weighted by molar-refractivity contribution is -0.129. The maximum atomic E-state index is 12.4. The minimum atomic E-state index is -0.492. The summed E-state index contributed by atoms with van der Waals surface area (Å²) in [7, 11) is 1.57. The average molecular weight is 557 g/mol. The Labute approximate surface area is 203 Å². The quantitative estimate of drug-likeness (QED) is 0.258. The lowest BCUT2D eigenvalue weighted by atomic mass is 10.1. The highest BCUT2D eigenvalue weighted by molar-refractivity contribution is 9.10. The molecule has 3 aromatic rings. The van der Waals surface area contributed by atoms with Crippen molar-refractivity contribution >= 4 is 49.8 Å². The molecule has 4 rings (SSSR count). The van der Waals surface area contributed by atoms with E-state index in [1.54, 1.807) is 19.3 Å². The van der Waals surface area contributed by atoms with Gasteiger partial charge in [-0.25, -0.2) is 9.79 Å². The number of carbonyl (C=O) groups excluding carboxylic acids is 1. The molecular formula is C25H19Br2NO4. The second kappa shape index (κ2) is 9.71. The zero-order chi connectivity index (χ0) is 22.7. The van der Waals surface area contributed by atoms with Crippen LogP contribution in [-0.2, 0) is 16.1 Å². The Hall–Kier alpha value is -2.90. The predicted octanol–water partition coefficient (Wildman–Crippen LogP) is 6.45. The average Bonchev–Trinajstić information content (AvgIpc) is 3.13. The number of hydrogen-bond acceptors (Lipinski definition) is 5. The Morgan fingerprint density at radius 1 is 1.06 bits per heavy atom. The van der Waals surface area contributed by atoms with E-state index in [1.165, 1.54) is 0 Å². The SMILES string of the molecule is COc1cc(/C=C2\N=C(c3ccccc3C)OC2=O)cc(Br)c1OCc1cccc(Br)c1. The number of aliphatic imine (C=N–C) groups is 1. The van der Waals surface area contributed by atoms with Crippen molar-refractivity contribution < 1.29 is 19.0 Å². The minimum absolute atomic E-state index is 0.222. The summed E-state index contributed by atoms with van der Waals surface area (Å²) in [6.07, 6.45) is 1.67. The number of carbonyl (C=O) groups is 1. The molecule has 0 saturated carbocycles. The van der Waals surface area contributed by atoms with E-state index in [1.807, 2.05) is 61.5 Å². The van der Waals surface area contributed by atoms with Crippen LogP contribution in [0.3, 0.4) is 0 Å². The van der Waals surface area contributed by atoms with E-state index in [0.29, 0.717) is 28.5 Å². The molecule has 1 aliphatic heterocycles. The summed E-state index contributed by atoms with van der Waals surface area (Å²) in [5.41, 5.74) is 3.74. The lowest BCUT2D eigenvalue weighted by Crippen LogP contribution is -2.06. The first-order chi connectivity index (χ1) is 15.4. The topological polar surface area (TPSA) is 57.1 Å². The number of ether oxygens (including phenoxy) is 3. The van der Waals surface area contributed by atoms with E-state index in [-0.39, 0.29) is 5.70 Å². The van der Waals surface area contributed by atoms with Crippen LogP contribution in [0.4, 0.5) is 0 Å². The van der Waals surface area contributed by atoms with E-state index in [9.17, 15) is 4.79 Å². The fourth-order valence-electron chi connectivity index (χ4n) is 3.24. The second-order valence-corrected chi connectivity index (χ2v) is 8.87. The molecule has 0 bridgehead atoms. The number of esters is 1. The molecule has 7 heteroatoms. The number of methoxy groups -OCH3 is 1. The summed E-state index contributed by atoms with van der Waals surface area (Å²) in [5, 5.41) is 0. The van der Waals surface area contributed by atoms with Crippen molar-refractivity contribution in [2.75, 3.05) is 7.11 Å². The summed E-state index contributed by atoms with van der Waals surface area (Å²) >= 11 is 7.02. The van der Waals surface area contributed by atoms with Crippen LogP contribution in [0.5, 0.6) is 11.5 Å². The van der Waals surface area contributed by atoms with Gasteiger partial charge in [-0.1, -0.05) is 46.3 Å². The van der Waals surface area contributed by atoms with Crippen molar-refractivity contribution in [1.29, 1.82) is 0 Å². The largest absolute Gasteiger partial charge is 0.493 e. The van der Waals surface area contributed by atoms with E-state index >= 15 is 0 Å². The van der Waals surface area contributed by atoms with E-state index < -0.39 is 5.97 Å². The predicted molar refractivity (Wildman–Crippen MR) is 131 cm³/mol. The fourth-order valence-corrected chi connectivity index (χ4v) is 4.26. The summed E-state index contributed by atoms with van der Waals surface area (Å²) in [5.74, 6) is 0.927. The van der Waals surface area contributed by atoms with Gasteiger partial charge in [0.1, 0.15) is 6.61 Å². The van der Waals surface area contributed by atoms with Crippen molar-refractivity contribution in [2.45, 2.75) is 13.5 Å². The molecule has 3 aromatic carbocycles. The van der Waals surface area contributed by atoms with Gasteiger partial charge in [0.05, 0.1) is 11.6 Å². The maximum absolute atomic E-state index is 12.4. The van der Waals surface area contributed by atoms with Gasteiger partial charge in [0.15, 0.2) is 17.2 Å². The minimum Gasteiger partial charge on any atom is -0.493 e. The highest BCUT2D eigenvalue weighted by atomic mass is 79.9. The van der Waals surface area contributed by atoms with Gasteiger partial charge < -0.3 is 14.2 Å². The van der Waals surface area contributed by atoms with Crippen LogP contribution in [0.25, 0.3) is 6.08 Å². The molecule has 1 heterocycles. The number of cyclic esters (lactones) is 1. The molecule has 0 fully saturated rings. The molecule has 0 spiro atoms. The smallest absolute Gasteiger partial charge is 0.363 e. The van der Waals surface area contributed by atoms with E-state index in [2.05, 4.69) is 36.9 Å². The van der Waals surface area contributed by atoms with Gasteiger partial charge in [0, 0.05) is 10.0 Å². The molecule has 1 aliphatic rings. The monoisotopic (exact) mass is 555 g/mol. The zero-order valence-corrected chi connectivity index (χ0v) is 20.6. The molecule has 0 N–H and O–H groups in total. The van der Waals surface area contributed by atoms with Gasteiger partial charge in [-0.05, 0) is 76.0 Å². The van der Waals surface area contributed by atoms with Crippen molar-refractivity contribution in [2.24, 2.45) is 4.99 Å². The third-order valence-corrected chi connectivity index (χ3v) is 5.91. The number of hydrogen-bond donors (Lipinski definition) is 0. The number of benzene rings is 3. The third kappa shape index (κ3) is 4.95. The summed E-state index contributed by atoms with van der Waals surface area (Å²) < 4.78 is 18.6. The molecule has 0 aromatic heterocycles. The Morgan fingerprint density at radius 2 is 1.88 bits per heavy atom. The third-order valence-electron chi connectivity index (χ3n) is 4.82. The summed E-state index contributed by atoms with van der Waals surface area (Å²) in [6, 6.07) is 19.2. The van der Waals surface area contributed by atoms with Crippen LogP contribution in [0.1, 0.15) is 22.3 Å². The second-order valence-electron chi connectivity index (χ2n) is 7.10. The zero-order valence-electron chi connectivity index (χ0n) is 17.4. The van der Waals surface area contributed by atoms with Gasteiger partial charge in [-0.15, -0.1) is 0 Å². The molecule has 0 amide bonds. The summed E-state index contributed by atoms with van der Waals surface area (Å²) in [4.78, 5) is 16.8. The van der Waals surface area contributed by atoms with Gasteiger partial charge in [-0.3, -0.25) is 0 Å². The van der Waals surface area contributed by atoms with Crippen molar-refractivity contribution in [1.82, 2.24) is 0 Å². The lowest BCUT2D eigenvalue weighted by Gasteiger charge is -2.14. The van der Waals surface area contributed by atoms with Crippen molar-refractivity contribution in [3.05, 3.63) is 97.6 Å². The van der Waals surface area contributed by atoms with Crippen molar-refractivity contribution in [3.63, 3.8) is 0 Å². The number of halogens is 2. The van der Waals surface area contributed by atoms with Crippen LogP contribution in [0.15, 0.2) is 80.3 Å². The van der Waals surface area contributed by atoms with Gasteiger partial charge in [-0.2, -0.15) is 0 Å². The van der Waals surface area contributed by atoms with Crippen LogP contribution < -0.4 is 9.47 Å². The summed E-state index contributed by atoms with van der Waals surface area (Å²) in [6.45, 7) is 2.33. The molecule has 0 aliphatic carbocycles. The Bertz CT molecular complexity index is 1250. The van der Waals surface area contributed by atoms with Crippen molar-refractivity contribution in [3.8, 4) is 11.5 Å². The standard InChI is InChI=1S/C25H19Br2NO4/c1-15-6-3-4-9-19(15)24-28-21(25(29)32-24)12-17-11-20(27)23(22(13-17)30-2)31-14-16-7-5-8-18(26)10-16/h3-13H,14H2,1-2H3/b21-12-. The first-order valence-electron chi connectivity index (χ1n) is 9.78. The van der Waals surface area contributed by atoms with Crippen LogP contribution in [0.2, 0.25) is 0 Å². The molecule has 0 atom stereocenters. The Kier molecular flexibility index (Phi) is 6.77. The number of nitrogens with zero attached hydrogens (tertiary/aromatic N) is 1. The number of aryl methyl sites for hydroxylation is 1. The van der Waals surface area contributed by atoms with E-state index in [4.69, 9.17) is 14.2 Å². The first kappa shape index (κ1) is 22.3. The Balaban J connectivity index is 1.60. The molecular weight excluding hydrogens is 538 g/mol. The number of rotatable bonds is 6. The maximum Gasteiger partial charge on any atom is 0.363 e. The molecule has 0 unspecified atom stereocenters. The van der Waals surface area contributed by atoms with Gasteiger partial charge >= 0.3 is 5.97 Å². The Morgan fingerprint density at radius 3 is 2.62 bits per heavy atom. The molecule has 162 valence electrons. The highest BCUT2D eigenvalue weighted by Gasteiger charge is 2.25. The highest BCUT2D eigenvalue weighted by Crippen LogP contribution is 2.38. The van der Waals surface area contributed by atoms with Crippen LogP contribution in [-0.4, -0.2) is 19.0 Å². The van der Waals surface area contributed by atoms with Gasteiger partial charge in [0.25, 0.3) is 0 Å². The fraction of sp³-hybridized carbons (Fsp3) is 0.120. The normalized spacial score (nSPS) is 14.3. The van der Waals surface area contributed by atoms with Crippen LogP contribution >= 0.6 is 31.9 Å². The molecule has 0 radical (unpaired) electrons. The molecule has 0 saturated heterocycles. The molecule has 5 nitrogen and oxygen atoms in total. The first-order valence-corrected chi connectivity index (χ1v) is 11.4.